The molecule has 1 aromatic heterocycles. The van der Waals surface area contributed by atoms with Gasteiger partial charge in [0.15, 0.2) is 0 Å². The Hall–Kier alpha value is -2.15. The summed E-state index contributed by atoms with van der Waals surface area (Å²) in [7, 11) is -3.09. The summed E-state index contributed by atoms with van der Waals surface area (Å²) in [5.41, 5.74) is 3.12. The topological polar surface area (TPSA) is 81.1 Å². The second-order valence-electron chi connectivity index (χ2n) is 5.23. The summed E-state index contributed by atoms with van der Waals surface area (Å²) in [5.74, 6) is -0.398. The van der Waals surface area contributed by atoms with Gasteiger partial charge in [-0.2, -0.15) is 5.10 Å². The van der Waals surface area contributed by atoms with Gasteiger partial charge in [-0.1, -0.05) is 18.2 Å². The smallest absolute Gasteiger partial charge is 0.254 e. The zero-order valence-corrected chi connectivity index (χ0v) is 13.6. The first-order chi connectivity index (χ1) is 10.3. The molecule has 0 aliphatic carbocycles. The van der Waals surface area contributed by atoms with Crippen LogP contribution in [0.25, 0.3) is 5.69 Å². The largest absolute Gasteiger partial charge is 0.351 e. The highest BCUT2D eigenvalue weighted by molar-refractivity contribution is 7.90. The monoisotopic (exact) mass is 321 g/mol. The number of carbonyl (C=O) groups is 1. The number of benzene rings is 1. The minimum Gasteiger partial charge on any atom is -0.351 e. The fourth-order valence-corrected chi connectivity index (χ4v) is 2.59. The van der Waals surface area contributed by atoms with Gasteiger partial charge in [0, 0.05) is 12.8 Å². The van der Waals surface area contributed by atoms with Gasteiger partial charge in [0.05, 0.1) is 28.9 Å². The Morgan fingerprint density at radius 1 is 1.27 bits per heavy atom. The van der Waals surface area contributed by atoms with Gasteiger partial charge in [-0.25, -0.2) is 13.1 Å². The molecule has 2 rings (SSSR count). The molecule has 0 bridgehead atoms. The van der Waals surface area contributed by atoms with Crippen molar-refractivity contribution < 1.29 is 13.2 Å². The van der Waals surface area contributed by atoms with E-state index in [4.69, 9.17) is 0 Å². The van der Waals surface area contributed by atoms with E-state index >= 15 is 0 Å². The van der Waals surface area contributed by atoms with Crippen LogP contribution in [0.2, 0.25) is 0 Å². The lowest BCUT2D eigenvalue weighted by Crippen LogP contribution is -2.29. The summed E-state index contributed by atoms with van der Waals surface area (Å²) in [5, 5.41) is 6.87. The van der Waals surface area contributed by atoms with Crippen molar-refractivity contribution in [3.63, 3.8) is 0 Å². The molecule has 6 nitrogen and oxygen atoms in total. The number of hydrogen-bond acceptors (Lipinski definition) is 4. The average molecular weight is 321 g/mol. The first-order valence-electron chi connectivity index (χ1n) is 6.86. The van der Waals surface area contributed by atoms with Gasteiger partial charge in [-0.15, -0.1) is 0 Å². The van der Waals surface area contributed by atoms with E-state index in [-0.39, 0.29) is 18.2 Å². The number of nitrogens with zero attached hydrogens (tertiary/aromatic N) is 2. The molecule has 1 amide bonds. The average Bonchev–Trinajstić information content (AvgIpc) is 2.79. The van der Waals surface area contributed by atoms with Crippen LogP contribution in [0.4, 0.5) is 0 Å². The van der Waals surface area contributed by atoms with Gasteiger partial charge >= 0.3 is 0 Å². The van der Waals surface area contributed by atoms with E-state index in [0.29, 0.717) is 11.3 Å². The van der Waals surface area contributed by atoms with Crippen molar-refractivity contribution in [3.05, 3.63) is 47.3 Å². The van der Waals surface area contributed by atoms with Crippen molar-refractivity contribution in [3.8, 4) is 5.69 Å². The number of aryl methyl sites for hydroxylation is 1. The predicted octanol–water partition coefficient (Wildman–Crippen LogP) is 1.26. The van der Waals surface area contributed by atoms with Gasteiger partial charge in [-0.3, -0.25) is 4.79 Å². The van der Waals surface area contributed by atoms with E-state index in [9.17, 15) is 13.2 Å². The first-order valence-corrected chi connectivity index (χ1v) is 8.92. The van der Waals surface area contributed by atoms with E-state index in [1.165, 1.54) is 6.20 Å². The number of sulfone groups is 1. The standard InChI is InChI=1S/C15H19N3O3S/c1-11-6-4-5-7-14(11)18-12(2)13(10-17-18)15(19)16-8-9-22(3,20)21/h4-7,10H,8-9H2,1-3H3,(H,16,19). The van der Waals surface area contributed by atoms with Gasteiger partial charge < -0.3 is 5.32 Å². The van der Waals surface area contributed by atoms with Crippen molar-refractivity contribution in [2.75, 3.05) is 18.6 Å². The third-order valence-electron chi connectivity index (χ3n) is 3.36. The fourth-order valence-electron chi connectivity index (χ4n) is 2.12. The van der Waals surface area contributed by atoms with Crippen LogP contribution >= 0.6 is 0 Å². The van der Waals surface area contributed by atoms with Crippen molar-refractivity contribution in [2.24, 2.45) is 0 Å². The number of amides is 1. The molecule has 2 aromatic rings. The van der Waals surface area contributed by atoms with Crippen molar-refractivity contribution >= 4 is 15.7 Å². The van der Waals surface area contributed by atoms with E-state index in [0.717, 1.165) is 17.5 Å². The molecule has 0 spiro atoms. The number of para-hydroxylation sites is 1. The second kappa shape index (κ2) is 6.31. The van der Waals surface area contributed by atoms with Crippen molar-refractivity contribution in [2.45, 2.75) is 13.8 Å². The highest BCUT2D eigenvalue weighted by Gasteiger charge is 2.16. The highest BCUT2D eigenvalue weighted by atomic mass is 32.2. The summed E-state index contributed by atoms with van der Waals surface area (Å²) < 4.78 is 23.9. The fraction of sp³-hybridized carbons (Fsp3) is 0.333. The van der Waals surface area contributed by atoms with Crippen LogP contribution in [0.1, 0.15) is 21.6 Å². The Kier molecular flexibility index (Phi) is 4.65. The minimum atomic E-state index is -3.09. The zero-order chi connectivity index (χ0) is 16.3. The summed E-state index contributed by atoms with van der Waals surface area (Å²) >= 11 is 0. The number of rotatable bonds is 5. The molecule has 0 unspecified atom stereocenters. The van der Waals surface area contributed by atoms with Crippen LogP contribution in [-0.2, 0) is 9.84 Å². The Morgan fingerprint density at radius 3 is 2.59 bits per heavy atom. The Balaban J connectivity index is 2.18. The van der Waals surface area contributed by atoms with Crippen LogP contribution in [0.15, 0.2) is 30.5 Å². The third-order valence-corrected chi connectivity index (χ3v) is 4.30. The molecule has 0 radical (unpaired) electrons. The lowest BCUT2D eigenvalue weighted by Gasteiger charge is -2.08. The minimum absolute atomic E-state index is 0.0796. The van der Waals surface area contributed by atoms with E-state index in [1.807, 2.05) is 38.1 Å². The van der Waals surface area contributed by atoms with Crippen LogP contribution < -0.4 is 5.32 Å². The maximum absolute atomic E-state index is 12.1. The van der Waals surface area contributed by atoms with Gasteiger partial charge in [0.25, 0.3) is 5.91 Å². The van der Waals surface area contributed by atoms with Crippen molar-refractivity contribution in [1.82, 2.24) is 15.1 Å². The Morgan fingerprint density at radius 2 is 1.95 bits per heavy atom. The maximum atomic E-state index is 12.1. The quantitative estimate of drug-likeness (QED) is 0.899. The zero-order valence-electron chi connectivity index (χ0n) is 12.8. The SMILES string of the molecule is Cc1ccccc1-n1ncc(C(=O)NCCS(C)(=O)=O)c1C. The summed E-state index contributed by atoms with van der Waals surface area (Å²) in [6, 6.07) is 7.76. The number of carbonyl (C=O) groups excluding carboxylic acids is 1. The molecule has 22 heavy (non-hydrogen) atoms. The maximum Gasteiger partial charge on any atom is 0.254 e. The summed E-state index contributed by atoms with van der Waals surface area (Å²) in [6.07, 6.45) is 2.64. The molecule has 0 saturated heterocycles. The van der Waals surface area contributed by atoms with E-state index in [1.54, 1.807) is 4.68 Å². The van der Waals surface area contributed by atoms with Crippen LogP contribution in [0.3, 0.4) is 0 Å². The number of nitrogens with one attached hydrogen (secondary N) is 1. The van der Waals surface area contributed by atoms with Crippen LogP contribution in [0.5, 0.6) is 0 Å². The van der Waals surface area contributed by atoms with Gasteiger partial charge in [0.1, 0.15) is 9.84 Å². The van der Waals surface area contributed by atoms with Gasteiger partial charge in [-0.05, 0) is 25.5 Å². The molecule has 118 valence electrons. The third kappa shape index (κ3) is 3.73. The normalized spacial score (nSPS) is 11.4. The molecular formula is C15H19N3O3S. The lowest BCUT2D eigenvalue weighted by molar-refractivity contribution is 0.0955. The molecular weight excluding hydrogens is 302 g/mol. The molecule has 0 aliphatic rings. The lowest BCUT2D eigenvalue weighted by atomic mass is 10.2. The van der Waals surface area contributed by atoms with E-state index in [2.05, 4.69) is 10.4 Å². The highest BCUT2D eigenvalue weighted by Crippen LogP contribution is 2.17. The predicted molar refractivity (Wildman–Crippen MR) is 85.1 cm³/mol. The number of hydrogen-bond donors (Lipinski definition) is 1. The molecule has 1 heterocycles. The molecule has 1 aromatic carbocycles. The molecule has 7 heteroatoms. The molecule has 0 fully saturated rings. The number of aromatic nitrogens is 2. The Bertz CT molecular complexity index is 794. The molecule has 0 aliphatic heterocycles. The van der Waals surface area contributed by atoms with Gasteiger partial charge in [0.2, 0.25) is 0 Å². The summed E-state index contributed by atoms with van der Waals surface area (Å²) in [4.78, 5) is 12.1. The van der Waals surface area contributed by atoms with Crippen molar-refractivity contribution in [1.29, 1.82) is 0 Å². The summed E-state index contributed by atoms with van der Waals surface area (Å²) in [6.45, 7) is 3.87. The second-order valence-corrected chi connectivity index (χ2v) is 7.49. The van der Waals surface area contributed by atoms with Crippen LogP contribution in [0, 0.1) is 13.8 Å². The van der Waals surface area contributed by atoms with Crippen LogP contribution in [-0.4, -0.2) is 42.7 Å². The first kappa shape index (κ1) is 16.2. The van der Waals surface area contributed by atoms with E-state index < -0.39 is 9.84 Å². The molecule has 0 saturated carbocycles. The molecule has 1 N–H and O–H groups in total. The Labute approximate surface area is 130 Å². The molecule has 0 atom stereocenters.